The predicted molar refractivity (Wildman–Crippen MR) is 76.9 cm³/mol. The molecule has 0 aliphatic rings. The van der Waals surface area contributed by atoms with E-state index in [4.69, 9.17) is 9.84 Å². The summed E-state index contributed by atoms with van der Waals surface area (Å²) in [5.74, 6) is -0.463. The Labute approximate surface area is 125 Å². The van der Waals surface area contributed by atoms with E-state index in [9.17, 15) is 14.9 Å². The molecule has 0 aliphatic heterocycles. The van der Waals surface area contributed by atoms with E-state index in [2.05, 4.69) is 15.9 Å². The zero-order valence-electron chi connectivity index (χ0n) is 11.3. The van der Waals surface area contributed by atoms with Crippen LogP contribution >= 0.6 is 15.9 Å². The summed E-state index contributed by atoms with van der Waals surface area (Å²) >= 11 is 3.18. The van der Waals surface area contributed by atoms with E-state index in [-0.39, 0.29) is 5.69 Å². The zero-order chi connectivity index (χ0) is 15.3. The van der Waals surface area contributed by atoms with Gasteiger partial charge in [-0.05, 0) is 32.8 Å². The topological polar surface area (TPSA) is 89.7 Å². The maximum absolute atomic E-state index is 10.9. The molecule has 0 atom stereocenters. The first kappa shape index (κ1) is 16.4. The highest BCUT2D eigenvalue weighted by Crippen LogP contribution is 2.27. The highest BCUT2D eigenvalue weighted by Gasteiger charge is 2.26. The van der Waals surface area contributed by atoms with Crippen LogP contribution in [0, 0.1) is 15.5 Å². The minimum absolute atomic E-state index is 0.0553. The van der Waals surface area contributed by atoms with Crippen LogP contribution in [0.15, 0.2) is 22.7 Å². The van der Waals surface area contributed by atoms with E-state index in [1.165, 1.54) is 12.1 Å². The summed E-state index contributed by atoms with van der Waals surface area (Å²) < 4.78 is 5.99. The number of aliphatic carboxylic acids is 1. The quantitative estimate of drug-likeness (QED) is 0.463. The van der Waals surface area contributed by atoms with Crippen LogP contribution in [0.2, 0.25) is 0 Å². The van der Waals surface area contributed by atoms with Gasteiger partial charge in [0.05, 0.1) is 23.0 Å². The summed E-state index contributed by atoms with van der Waals surface area (Å²) in [5, 5.41) is 19.7. The van der Waals surface area contributed by atoms with Crippen molar-refractivity contribution in [2.24, 2.45) is 5.41 Å². The van der Waals surface area contributed by atoms with Crippen LogP contribution in [-0.4, -0.2) is 22.6 Å². The molecule has 0 unspecified atom stereocenters. The number of carboxylic acids is 1. The Kier molecular flexibility index (Phi) is 5.50. The van der Waals surface area contributed by atoms with Gasteiger partial charge >= 0.3 is 5.97 Å². The minimum Gasteiger partial charge on any atom is -0.493 e. The third kappa shape index (κ3) is 4.80. The molecule has 1 aromatic rings. The molecule has 20 heavy (non-hydrogen) atoms. The van der Waals surface area contributed by atoms with Gasteiger partial charge in [-0.25, -0.2) is 0 Å². The average molecular weight is 346 g/mol. The fourth-order valence-electron chi connectivity index (χ4n) is 1.55. The summed E-state index contributed by atoms with van der Waals surface area (Å²) in [6.07, 6.45) is 1.03. The standard InChI is InChI=1S/C13H16BrNO5/c1-13(2,12(16)17)4-3-5-20-11-7-9(14)6-10(8-11)15(18)19/h6-8H,3-5H2,1-2H3,(H,16,17). The lowest BCUT2D eigenvalue weighted by Crippen LogP contribution is -2.24. The fourth-order valence-corrected chi connectivity index (χ4v) is 2.01. The molecule has 0 aromatic heterocycles. The van der Waals surface area contributed by atoms with Crippen molar-refractivity contribution in [3.05, 3.63) is 32.8 Å². The lowest BCUT2D eigenvalue weighted by Gasteiger charge is -2.18. The summed E-state index contributed by atoms with van der Waals surface area (Å²) in [6, 6.07) is 4.36. The van der Waals surface area contributed by atoms with Gasteiger partial charge in [0, 0.05) is 10.5 Å². The number of hydrogen-bond donors (Lipinski definition) is 1. The van der Waals surface area contributed by atoms with E-state index in [0.29, 0.717) is 29.7 Å². The Bertz CT molecular complexity index is 515. The van der Waals surface area contributed by atoms with Gasteiger partial charge in [0.2, 0.25) is 0 Å². The van der Waals surface area contributed by atoms with Crippen LogP contribution in [0.4, 0.5) is 5.69 Å². The second-order valence-electron chi connectivity index (χ2n) is 5.04. The van der Waals surface area contributed by atoms with Crippen molar-refractivity contribution in [2.75, 3.05) is 6.61 Å². The lowest BCUT2D eigenvalue weighted by atomic mass is 9.88. The number of non-ortho nitro benzene ring substituents is 1. The summed E-state index contributed by atoms with van der Waals surface area (Å²) in [4.78, 5) is 21.1. The largest absolute Gasteiger partial charge is 0.493 e. The molecular formula is C13H16BrNO5. The molecule has 0 heterocycles. The molecular weight excluding hydrogens is 330 g/mol. The van der Waals surface area contributed by atoms with Gasteiger partial charge in [0.15, 0.2) is 0 Å². The van der Waals surface area contributed by atoms with E-state index in [0.717, 1.165) is 0 Å². The molecule has 1 N–H and O–H groups in total. The highest BCUT2D eigenvalue weighted by molar-refractivity contribution is 9.10. The third-order valence-electron chi connectivity index (χ3n) is 2.86. The number of nitrogens with zero attached hydrogens (tertiary/aromatic N) is 1. The van der Waals surface area contributed by atoms with E-state index in [1.807, 2.05) is 0 Å². The Morgan fingerprint density at radius 1 is 1.45 bits per heavy atom. The number of benzene rings is 1. The normalized spacial score (nSPS) is 11.2. The molecule has 0 saturated carbocycles. The highest BCUT2D eigenvalue weighted by atomic mass is 79.9. The number of halogens is 1. The van der Waals surface area contributed by atoms with E-state index in [1.54, 1.807) is 19.9 Å². The van der Waals surface area contributed by atoms with Crippen LogP contribution < -0.4 is 4.74 Å². The fraction of sp³-hybridized carbons (Fsp3) is 0.462. The van der Waals surface area contributed by atoms with Gasteiger partial charge in [-0.2, -0.15) is 0 Å². The molecule has 110 valence electrons. The first-order valence-electron chi connectivity index (χ1n) is 6.03. The number of rotatable bonds is 7. The van der Waals surface area contributed by atoms with Crippen molar-refractivity contribution in [3.8, 4) is 5.75 Å². The number of carbonyl (C=O) groups is 1. The van der Waals surface area contributed by atoms with Crippen molar-refractivity contribution >= 4 is 27.6 Å². The van der Waals surface area contributed by atoms with Gasteiger partial charge in [0.25, 0.3) is 5.69 Å². The second-order valence-corrected chi connectivity index (χ2v) is 5.96. The molecule has 6 nitrogen and oxygen atoms in total. The molecule has 0 bridgehead atoms. The summed E-state index contributed by atoms with van der Waals surface area (Å²) in [5.41, 5.74) is -0.854. The average Bonchev–Trinajstić information content (AvgIpc) is 2.33. The first-order chi connectivity index (χ1) is 9.22. The van der Waals surface area contributed by atoms with Crippen LogP contribution in [0.3, 0.4) is 0 Å². The van der Waals surface area contributed by atoms with Gasteiger partial charge in [-0.15, -0.1) is 0 Å². The molecule has 1 rings (SSSR count). The van der Waals surface area contributed by atoms with Crippen LogP contribution in [0.5, 0.6) is 5.75 Å². The monoisotopic (exact) mass is 345 g/mol. The van der Waals surface area contributed by atoms with Crippen molar-refractivity contribution in [2.45, 2.75) is 26.7 Å². The number of hydrogen-bond acceptors (Lipinski definition) is 4. The number of nitro groups is 1. The number of nitro benzene ring substituents is 1. The third-order valence-corrected chi connectivity index (χ3v) is 3.32. The van der Waals surface area contributed by atoms with Gasteiger partial charge in [0.1, 0.15) is 5.75 Å². The van der Waals surface area contributed by atoms with Crippen molar-refractivity contribution in [1.82, 2.24) is 0 Å². The van der Waals surface area contributed by atoms with Crippen LogP contribution in [0.1, 0.15) is 26.7 Å². The van der Waals surface area contributed by atoms with Crippen molar-refractivity contribution in [1.29, 1.82) is 0 Å². The van der Waals surface area contributed by atoms with Crippen molar-refractivity contribution in [3.63, 3.8) is 0 Å². The van der Waals surface area contributed by atoms with Gasteiger partial charge < -0.3 is 9.84 Å². The number of carboxylic acid groups (broad SMARTS) is 1. The summed E-state index contributed by atoms with van der Waals surface area (Å²) in [6.45, 7) is 3.61. The Balaban J connectivity index is 2.55. The molecule has 0 fully saturated rings. The van der Waals surface area contributed by atoms with E-state index >= 15 is 0 Å². The maximum atomic E-state index is 10.9. The lowest BCUT2D eigenvalue weighted by molar-refractivity contribution is -0.385. The van der Waals surface area contributed by atoms with Crippen molar-refractivity contribution < 1.29 is 19.6 Å². The first-order valence-corrected chi connectivity index (χ1v) is 6.83. The smallest absolute Gasteiger partial charge is 0.309 e. The van der Waals surface area contributed by atoms with Gasteiger partial charge in [-0.1, -0.05) is 15.9 Å². The van der Waals surface area contributed by atoms with E-state index < -0.39 is 16.3 Å². The molecule has 1 aromatic carbocycles. The van der Waals surface area contributed by atoms with Crippen LogP contribution in [-0.2, 0) is 4.79 Å². The maximum Gasteiger partial charge on any atom is 0.309 e. The Morgan fingerprint density at radius 2 is 2.10 bits per heavy atom. The summed E-state index contributed by atoms with van der Waals surface area (Å²) in [7, 11) is 0. The Morgan fingerprint density at radius 3 is 2.65 bits per heavy atom. The van der Waals surface area contributed by atoms with Crippen LogP contribution in [0.25, 0.3) is 0 Å². The van der Waals surface area contributed by atoms with Gasteiger partial charge in [-0.3, -0.25) is 14.9 Å². The molecule has 0 radical (unpaired) electrons. The molecule has 0 spiro atoms. The molecule has 0 saturated heterocycles. The zero-order valence-corrected chi connectivity index (χ0v) is 12.8. The molecule has 0 aliphatic carbocycles. The predicted octanol–water partition coefficient (Wildman–Crippen LogP) is 3.63. The molecule has 7 heteroatoms. The number of ether oxygens (including phenoxy) is 1. The Hall–Kier alpha value is -1.63. The minimum atomic E-state index is -0.851. The molecule has 0 amide bonds. The SMILES string of the molecule is CC(C)(CCCOc1cc(Br)cc([N+](=O)[O-])c1)C(=O)O. The second kappa shape index (κ2) is 6.69.